The second-order valence-electron chi connectivity index (χ2n) is 13.5. The number of hydrogen-bond donors (Lipinski definition) is 1. The molecule has 0 unspecified atom stereocenters. The van der Waals surface area contributed by atoms with Gasteiger partial charge in [0.1, 0.15) is 0 Å². The first-order valence-corrected chi connectivity index (χ1v) is 15.9. The number of amides is 2. The fourth-order valence-electron chi connectivity index (χ4n) is 8.75. The number of nitrogens with one attached hydrogen (secondary N) is 1. The maximum Gasteiger partial charge on any atom is 0.337 e. The first kappa shape index (κ1) is 28.9. The van der Waals surface area contributed by atoms with E-state index in [1.807, 2.05) is 29.2 Å². The number of benzene rings is 2. The molecule has 1 aliphatic heterocycles. The molecule has 7 rings (SSSR count). The predicted molar refractivity (Wildman–Crippen MR) is 162 cm³/mol. The smallest absolute Gasteiger partial charge is 0.337 e. The van der Waals surface area contributed by atoms with Crippen LogP contribution in [-0.2, 0) is 33.7 Å². The van der Waals surface area contributed by atoms with Gasteiger partial charge < -0.3 is 15.0 Å². The van der Waals surface area contributed by atoms with Gasteiger partial charge in [0, 0.05) is 39.1 Å². The van der Waals surface area contributed by atoms with Crippen LogP contribution in [0, 0.1) is 23.2 Å². The SMILES string of the molecule is COC(=O)c1ccc(CCc2ccccc2CN2CCN(C(=O)CNC(=O)CC34CC5CC(CC(C5)C3)C4)CC2)cc1. The number of esters is 1. The van der Waals surface area contributed by atoms with Gasteiger partial charge in [0.25, 0.3) is 0 Å². The van der Waals surface area contributed by atoms with Crippen molar-refractivity contribution in [3.63, 3.8) is 0 Å². The van der Waals surface area contributed by atoms with Gasteiger partial charge in [0.05, 0.1) is 19.2 Å². The molecule has 0 radical (unpaired) electrons. The molecule has 4 bridgehead atoms. The van der Waals surface area contributed by atoms with Crippen LogP contribution in [0.2, 0.25) is 0 Å². The van der Waals surface area contributed by atoms with E-state index in [2.05, 4.69) is 34.5 Å². The van der Waals surface area contributed by atoms with Gasteiger partial charge in [-0.25, -0.2) is 4.79 Å². The zero-order chi connectivity index (χ0) is 29.1. The maximum atomic E-state index is 12.9. The third-order valence-electron chi connectivity index (χ3n) is 10.4. The van der Waals surface area contributed by atoms with E-state index in [-0.39, 0.29) is 29.7 Å². The maximum absolute atomic E-state index is 12.9. The molecule has 2 aromatic rings. The topological polar surface area (TPSA) is 79.0 Å². The molecule has 2 amide bonds. The average molecular weight is 572 g/mol. The van der Waals surface area contributed by atoms with Crippen LogP contribution in [0.4, 0.5) is 0 Å². The van der Waals surface area contributed by atoms with Gasteiger partial charge in [-0.15, -0.1) is 0 Å². The molecule has 1 N–H and O–H groups in total. The minimum atomic E-state index is -0.314. The molecule has 4 saturated carbocycles. The Balaban J connectivity index is 0.936. The quantitative estimate of drug-likeness (QED) is 0.421. The van der Waals surface area contributed by atoms with Crippen molar-refractivity contribution in [3.8, 4) is 0 Å². The van der Waals surface area contributed by atoms with Gasteiger partial charge >= 0.3 is 5.97 Å². The molecule has 224 valence electrons. The number of ether oxygens (including phenoxy) is 1. The van der Waals surface area contributed by atoms with Crippen LogP contribution in [0.3, 0.4) is 0 Å². The highest BCUT2D eigenvalue weighted by atomic mass is 16.5. The summed E-state index contributed by atoms with van der Waals surface area (Å²) in [6.07, 6.45) is 10.2. The third kappa shape index (κ3) is 6.72. The summed E-state index contributed by atoms with van der Waals surface area (Å²) in [6.45, 7) is 4.03. The predicted octanol–water partition coefficient (Wildman–Crippen LogP) is 4.63. The number of carbonyl (C=O) groups is 3. The van der Waals surface area contributed by atoms with E-state index in [1.165, 1.54) is 62.3 Å². The van der Waals surface area contributed by atoms with Crippen LogP contribution < -0.4 is 5.32 Å². The monoisotopic (exact) mass is 571 g/mol. The van der Waals surface area contributed by atoms with E-state index >= 15 is 0 Å². The Labute approximate surface area is 250 Å². The Hall–Kier alpha value is -3.19. The van der Waals surface area contributed by atoms with Crippen LogP contribution in [0.1, 0.15) is 72.0 Å². The third-order valence-corrected chi connectivity index (χ3v) is 10.4. The second-order valence-corrected chi connectivity index (χ2v) is 13.5. The first-order chi connectivity index (χ1) is 20.4. The van der Waals surface area contributed by atoms with Gasteiger partial charge in [-0.1, -0.05) is 36.4 Å². The highest BCUT2D eigenvalue weighted by Gasteiger charge is 2.51. The van der Waals surface area contributed by atoms with Crippen molar-refractivity contribution >= 4 is 17.8 Å². The summed E-state index contributed by atoms with van der Waals surface area (Å²) in [5, 5.41) is 2.99. The number of methoxy groups -OCH3 is 1. The van der Waals surface area contributed by atoms with Crippen molar-refractivity contribution in [2.75, 3.05) is 39.8 Å². The van der Waals surface area contributed by atoms with Gasteiger partial charge in [-0.05, 0) is 103 Å². The second kappa shape index (κ2) is 12.6. The van der Waals surface area contributed by atoms with Crippen molar-refractivity contribution in [1.29, 1.82) is 0 Å². The summed E-state index contributed by atoms with van der Waals surface area (Å²) in [5.74, 6) is 2.29. The van der Waals surface area contributed by atoms with E-state index in [0.29, 0.717) is 25.1 Å². The normalized spacial score (nSPS) is 26.7. The van der Waals surface area contributed by atoms with Crippen LogP contribution >= 0.6 is 0 Å². The van der Waals surface area contributed by atoms with Crippen LogP contribution in [0.5, 0.6) is 0 Å². The molecule has 42 heavy (non-hydrogen) atoms. The minimum Gasteiger partial charge on any atom is -0.465 e. The summed E-state index contributed by atoms with van der Waals surface area (Å²) in [5.41, 5.74) is 4.61. The molecule has 0 atom stereocenters. The Morgan fingerprint density at radius 2 is 1.45 bits per heavy atom. The lowest BCUT2D eigenvalue weighted by atomic mass is 9.49. The van der Waals surface area contributed by atoms with Crippen LogP contribution in [0.25, 0.3) is 0 Å². The largest absolute Gasteiger partial charge is 0.465 e. The number of aryl methyl sites for hydroxylation is 2. The molecule has 0 spiro atoms. The first-order valence-electron chi connectivity index (χ1n) is 15.9. The Morgan fingerprint density at radius 3 is 2.07 bits per heavy atom. The standard InChI is InChI=1S/C35H45N3O4/c1-42-34(41)30-10-7-25(8-11-30)6-9-29-4-2-3-5-31(29)24-37-12-14-38(15-13-37)33(40)23-36-32(39)22-35-19-26-16-27(20-35)18-28(17-26)21-35/h2-5,7-8,10-11,26-28H,6,9,12-24H2,1H3,(H,36,39). The molecule has 1 heterocycles. The summed E-state index contributed by atoms with van der Waals surface area (Å²) in [4.78, 5) is 41.9. The zero-order valence-corrected chi connectivity index (χ0v) is 25.0. The Morgan fingerprint density at radius 1 is 0.833 bits per heavy atom. The molecule has 5 fully saturated rings. The molecule has 7 heteroatoms. The van der Waals surface area contributed by atoms with Crippen molar-refractivity contribution < 1.29 is 19.1 Å². The van der Waals surface area contributed by atoms with Crippen LogP contribution in [-0.4, -0.2) is 67.4 Å². The number of carbonyl (C=O) groups excluding carboxylic acids is 3. The molecule has 7 nitrogen and oxygen atoms in total. The summed E-state index contributed by atoms with van der Waals surface area (Å²) in [6, 6.07) is 16.2. The van der Waals surface area contributed by atoms with Crippen LogP contribution in [0.15, 0.2) is 48.5 Å². The zero-order valence-electron chi connectivity index (χ0n) is 25.0. The minimum absolute atomic E-state index is 0.0344. The van der Waals surface area contributed by atoms with E-state index < -0.39 is 0 Å². The lowest BCUT2D eigenvalue weighted by Crippen LogP contribution is -2.51. The Bertz CT molecular complexity index is 1250. The number of nitrogens with zero attached hydrogens (tertiary/aromatic N) is 2. The fraction of sp³-hybridized carbons (Fsp3) is 0.571. The van der Waals surface area contributed by atoms with Crippen molar-refractivity contribution in [3.05, 3.63) is 70.8 Å². The van der Waals surface area contributed by atoms with Crippen molar-refractivity contribution in [1.82, 2.24) is 15.1 Å². The molecule has 5 aliphatic rings. The molecular weight excluding hydrogens is 526 g/mol. The van der Waals surface area contributed by atoms with Gasteiger partial charge in [0.15, 0.2) is 0 Å². The lowest BCUT2D eigenvalue weighted by Gasteiger charge is -2.56. The lowest BCUT2D eigenvalue weighted by molar-refractivity contribution is -0.136. The van der Waals surface area contributed by atoms with Crippen molar-refractivity contribution in [2.24, 2.45) is 23.2 Å². The summed E-state index contributed by atoms with van der Waals surface area (Å²) < 4.78 is 4.79. The van der Waals surface area contributed by atoms with Gasteiger partial charge in [-0.3, -0.25) is 14.5 Å². The van der Waals surface area contributed by atoms with E-state index in [0.717, 1.165) is 50.2 Å². The van der Waals surface area contributed by atoms with Crippen molar-refractivity contribution in [2.45, 2.75) is 64.3 Å². The average Bonchev–Trinajstić information content (AvgIpc) is 2.99. The highest BCUT2D eigenvalue weighted by Crippen LogP contribution is 2.61. The fourth-order valence-corrected chi connectivity index (χ4v) is 8.75. The summed E-state index contributed by atoms with van der Waals surface area (Å²) in [7, 11) is 1.40. The summed E-state index contributed by atoms with van der Waals surface area (Å²) >= 11 is 0. The molecule has 4 aliphatic carbocycles. The Kier molecular flexibility index (Phi) is 8.66. The van der Waals surface area contributed by atoms with E-state index in [4.69, 9.17) is 4.74 Å². The molecular formula is C35H45N3O4. The molecule has 0 aromatic heterocycles. The van der Waals surface area contributed by atoms with E-state index in [9.17, 15) is 14.4 Å². The number of rotatable bonds is 10. The van der Waals surface area contributed by atoms with Gasteiger partial charge in [0.2, 0.25) is 11.8 Å². The van der Waals surface area contributed by atoms with E-state index in [1.54, 1.807) is 0 Å². The van der Waals surface area contributed by atoms with Gasteiger partial charge in [-0.2, -0.15) is 0 Å². The molecule has 2 aromatic carbocycles. The number of hydrogen-bond acceptors (Lipinski definition) is 5. The molecule has 1 saturated heterocycles. The highest BCUT2D eigenvalue weighted by molar-refractivity contribution is 5.89. The number of piperazine rings is 1.